The van der Waals surface area contributed by atoms with Crippen LogP contribution in [-0.4, -0.2) is 37.6 Å². The molecular formula is C17H27NO3. The maximum absolute atomic E-state index is 10.0. The number of hydrogen-bond donors (Lipinski definition) is 2. The van der Waals surface area contributed by atoms with Gasteiger partial charge >= 0.3 is 0 Å². The van der Waals surface area contributed by atoms with Crippen molar-refractivity contribution in [3.05, 3.63) is 24.3 Å². The summed E-state index contributed by atoms with van der Waals surface area (Å²) in [6, 6.07) is 7.68. The van der Waals surface area contributed by atoms with Crippen molar-refractivity contribution in [3.63, 3.8) is 0 Å². The lowest BCUT2D eigenvalue weighted by atomic mass is 9.88. The minimum Gasteiger partial charge on any atom is -0.497 e. The molecular weight excluding hydrogens is 266 g/mol. The quantitative estimate of drug-likeness (QED) is 0.811. The SMILES string of the molecule is COc1ccc(NCC(O)COC2CCCCC2C)cc1. The molecule has 0 heterocycles. The Hall–Kier alpha value is -1.26. The van der Waals surface area contributed by atoms with Crippen LogP contribution in [0.25, 0.3) is 0 Å². The molecule has 1 aromatic rings. The summed E-state index contributed by atoms with van der Waals surface area (Å²) in [6.45, 7) is 3.14. The van der Waals surface area contributed by atoms with Crippen LogP contribution in [0.15, 0.2) is 24.3 Å². The van der Waals surface area contributed by atoms with Gasteiger partial charge in [0.2, 0.25) is 0 Å². The molecule has 4 nitrogen and oxygen atoms in total. The van der Waals surface area contributed by atoms with E-state index in [1.54, 1.807) is 7.11 Å². The van der Waals surface area contributed by atoms with E-state index in [1.165, 1.54) is 19.3 Å². The van der Waals surface area contributed by atoms with Gasteiger partial charge in [-0.05, 0) is 43.0 Å². The maximum atomic E-state index is 10.0. The van der Waals surface area contributed by atoms with E-state index in [0.717, 1.165) is 17.9 Å². The number of methoxy groups -OCH3 is 1. The van der Waals surface area contributed by atoms with Gasteiger partial charge in [-0.15, -0.1) is 0 Å². The number of rotatable bonds is 7. The largest absolute Gasteiger partial charge is 0.497 e. The van der Waals surface area contributed by atoms with Gasteiger partial charge < -0.3 is 19.9 Å². The molecule has 1 aliphatic carbocycles. The average Bonchev–Trinajstić information content (AvgIpc) is 2.52. The van der Waals surface area contributed by atoms with E-state index in [9.17, 15) is 5.11 Å². The molecule has 3 atom stereocenters. The van der Waals surface area contributed by atoms with Crippen LogP contribution in [-0.2, 0) is 4.74 Å². The molecule has 1 aromatic carbocycles. The van der Waals surface area contributed by atoms with Crippen molar-refractivity contribution in [2.24, 2.45) is 5.92 Å². The summed E-state index contributed by atoms with van der Waals surface area (Å²) in [5, 5.41) is 13.2. The zero-order valence-corrected chi connectivity index (χ0v) is 13.0. The number of aliphatic hydroxyl groups is 1. The molecule has 2 N–H and O–H groups in total. The highest BCUT2D eigenvalue weighted by Gasteiger charge is 2.22. The first kappa shape index (κ1) is 16.1. The van der Waals surface area contributed by atoms with Crippen LogP contribution >= 0.6 is 0 Å². The van der Waals surface area contributed by atoms with Crippen molar-refractivity contribution in [3.8, 4) is 5.75 Å². The van der Waals surface area contributed by atoms with Crippen molar-refractivity contribution >= 4 is 5.69 Å². The van der Waals surface area contributed by atoms with E-state index in [2.05, 4.69) is 12.2 Å². The van der Waals surface area contributed by atoms with Gasteiger partial charge in [0.25, 0.3) is 0 Å². The molecule has 0 bridgehead atoms. The molecule has 0 amide bonds. The fourth-order valence-corrected chi connectivity index (χ4v) is 2.77. The molecule has 0 aliphatic heterocycles. The lowest BCUT2D eigenvalue weighted by molar-refractivity contribution is -0.0424. The number of benzene rings is 1. The van der Waals surface area contributed by atoms with Crippen LogP contribution < -0.4 is 10.1 Å². The van der Waals surface area contributed by atoms with Crippen molar-refractivity contribution in [2.45, 2.75) is 44.8 Å². The van der Waals surface area contributed by atoms with E-state index in [1.807, 2.05) is 24.3 Å². The summed E-state index contributed by atoms with van der Waals surface area (Å²) < 4.78 is 11.0. The van der Waals surface area contributed by atoms with E-state index in [4.69, 9.17) is 9.47 Å². The molecule has 4 heteroatoms. The average molecular weight is 293 g/mol. The Kier molecular flexibility index (Phi) is 6.33. The minimum absolute atomic E-state index is 0.314. The summed E-state index contributed by atoms with van der Waals surface area (Å²) in [7, 11) is 1.65. The normalized spacial score (nSPS) is 23.6. The van der Waals surface area contributed by atoms with Crippen LogP contribution in [0.3, 0.4) is 0 Å². The first-order valence-corrected chi connectivity index (χ1v) is 7.86. The molecule has 1 aliphatic rings. The summed E-state index contributed by atoms with van der Waals surface area (Å²) in [6.07, 6.45) is 4.75. The second-order valence-electron chi connectivity index (χ2n) is 5.90. The zero-order chi connectivity index (χ0) is 15.1. The fourth-order valence-electron chi connectivity index (χ4n) is 2.77. The lowest BCUT2D eigenvalue weighted by Crippen LogP contribution is -2.32. The van der Waals surface area contributed by atoms with Gasteiger partial charge in [0.1, 0.15) is 5.75 Å². The van der Waals surface area contributed by atoms with Gasteiger partial charge in [0.15, 0.2) is 0 Å². The Morgan fingerprint density at radius 1 is 1.24 bits per heavy atom. The van der Waals surface area contributed by atoms with E-state index >= 15 is 0 Å². The van der Waals surface area contributed by atoms with Gasteiger partial charge in [-0.2, -0.15) is 0 Å². The zero-order valence-electron chi connectivity index (χ0n) is 13.0. The molecule has 0 saturated heterocycles. The summed E-state index contributed by atoms with van der Waals surface area (Å²) in [4.78, 5) is 0. The third-order valence-corrected chi connectivity index (χ3v) is 4.17. The fraction of sp³-hybridized carbons (Fsp3) is 0.647. The Balaban J connectivity index is 1.67. The minimum atomic E-state index is -0.485. The number of anilines is 1. The van der Waals surface area contributed by atoms with Crippen LogP contribution in [0.5, 0.6) is 5.75 Å². The van der Waals surface area contributed by atoms with E-state index < -0.39 is 6.10 Å². The van der Waals surface area contributed by atoms with Gasteiger partial charge in [0, 0.05) is 12.2 Å². The highest BCUT2D eigenvalue weighted by Crippen LogP contribution is 2.26. The molecule has 1 fully saturated rings. The Morgan fingerprint density at radius 3 is 2.62 bits per heavy atom. The van der Waals surface area contributed by atoms with Crippen LogP contribution in [0.4, 0.5) is 5.69 Å². The first-order valence-electron chi connectivity index (χ1n) is 7.86. The molecule has 0 aromatic heterocycles. The molecule has 3 unspecified atom stereocenters. The summed E-state index contributed by atoms with van der Waals surface area (Å²) in [5.41, 5.74) is 0.973. The smallest absolute Gasteiger partial charge is 0.119 e. The number of nitrogens with one attached hydrogen (secondary N) is 1. The monoisotopic (exact) mass is 293 g/mol. The van der Waals surface area contributed by atoms with E-state index in [-0.39, 0.29) is 0 Å². The molecule has 118 valence electrons. The summed E-state index contributed by atoms with van der Waals surface area (Å²) in [5.74, 6) is 1.44. The predicted molar refractivity (Wildman–Crippen MR) is 84.9 cm³/mol. The predicted octanol–water partition coefficient (Wildman–Crippen LogP) is 3.06. The van der Waals surface area contributed by atoms with Crippen LogP contribution in [0.1, 0.15) is 32.6 Å². The third kappa shape index (κ3) is 5.21. The number of ether oxygens (including phenoxy) is 2. The topological polar surface area (TPSA) is 50.7 Å². The Bertz CT molecular complexity index is 407. The maximum Gasteiger partial charge on any atom is 0.119 e. The molecule has 0 radical (unpaired) electrons. The van der Waals surface area contributed by atoms with Gasteiger partial charge in [0.05, 0.1) is 25.9 Å². The molecule has 2 rings (SSSR count). The van der Waals surface area contributed by atoms with Gasteiger partial charge in [-0.3, -0.25) is 0 Å². The standard InChI is InChI=1S/C17H27NO3/c1-13-5-3-4-6-17(13)21-12-15(19)11-18-14-7-9-16(20-2)10-8-14/h7-10,13,15,17-19H,3-6,11-12H2,1-2H3. The van der Waals surface area contributed by atoms with Crippen molar-refractivity contribution in [2.75, 3.05) is 25.6 Å². The Labute approximate surface area is 127 Å². The molecule has 21 heavy (non-hydrogen) atoms. The van der Waals surface area contributed by atoms with Gasteiger partial charge in [-0.1, -0.05) is 19.8 Å². The molecule has 1 saturated carbocycles. The highest BCUT2D eigenvalue weighted by atomic mass is 16.5. The van der Waals surface area contributed by atoms with E-state index in [0.29, 0.717) is 25.2 Å². The van der Waals surface area contributed by atoms with Gasteiger partial charge in [-0.25, -0.2) is 0 Å². The van der Waals surface area contributed by atoms with Crippen LogP contribution in [0.2, 0.25) is 0 Å². The number of aliphatic hydroxyl groups excluding tert-OH is 1. The molecule has 0 spiro atoms. The van der Waals surface area contributed by atoms with Crippen molar-refractivity contribution < 1.29 is 14.6 Å². The summed E-state index contributed by atoms with van der Waals surface area (Å²) >= 11 is 0. The van der Waals surface area contributed by atoms with Crippen LogP contribution in [0, 0.1) is 5.92 Å². The first-order chi connectivity index (χ1) is 10.2. The third-order valence-electron chi connectivity index (χ3n) is 4.17. The lowest BCUT2D eigenvalue weighted by Gasteiger charge is -2.29. The van der Waals surface area contributed by atoms with Crippen molar-refractivity contribution in [1.82, 2.24) is 0 Å². The Morgan fingerprint density at radius 2 is 1.95 bits per heavy atom. The number of hydrogen-bond acceptors (Lipinski definition) is 4. The highest BCUT2D eigenvalue weighted by molar-refractivity contribution is 5.46. The second kappa shape index (κ2) is 8.25. The second-order valence-corrected chi connectivity index (χ2v) is 5.90. The van der Waals surface area contributed by atoms with Crippen molar-refractivity contribution in [1.29, 1.82) is 0 Å².